The van der Waals surface area contributed by atoms with Crippen molar-refractivity contribution in [2.75, 3.05) is 31.0 Å². The highest BCUT2D eigenvalue weighted by atomic mass is 32.2. The minimum absolute atomic E-state index is 0.0489. The highest BCUT2D eigenvalue weighted by molar-refractivity contribution is 7.91. The molecule has 9 nitrogen and oxygen atoms in total. The van der Waals surface area contributed by atoms with E-state index < -0.39 is 26.4 Å². The van der Waals surface area contributed by atoms with Gasteiger partial charge in [0.1, 0.15) is 17.0 Å². The lowest BCUT2D eigenvalue weighted by Gasteiger charge is -2.45. The molecule has 0 bridgehead atoms. The van der Waals surface area contributed by atoms with Crippen molar-refractivity contribution >= 4 is 21.6 Å². The van der Waals surface area contributed by atoms with Crippen molar-refractivity contribution < 1.29 is 27.8 Å². The van der Waals surface area contributed by atoms with Gasteiger partial charge in [0.05, 0.1) is 25.3 Å². The first-order chi connectivity index (χ1) is 12.5. The Morgan fingerprint density at radius 2 is 1.85 bits per heavy atom. The number of hydrogen-bond donors (Lipinski definition) is 1. The molecule has 1 fully saturated rings. The van der Waals surface area contributed by atoms with Crippen LogP contribution in [-0.2, 0) is 19.3 Å². The lowest BCUT2D eigenvalue weighted by molar-refractivity contribution is 0.0479. The fraction of sp³-hybridized carbons (Fsp3) is 0.706. The molecule has 0 radical (unpaired) electrons. The smallest absolute Gasteiger partial charge is 0.374 e. The summed E-state index contributed by atoms with van der Waals surface area (Å²) in [7, 11) is -3.58. The molecule has 0 saturated carbocycles. The second kappa shape index (κ2) is 7.59. The highest BCUT2D eigenvalue weighted by Gasteiger charge is 2.44. The van der Waals surface area contributed by atoms with Gasteiger partial charge in [-0.15, -0.1) is 0 Å². The zero-order chi connectivity index (χ0) is 20.6. The molecule has 0 amide bonds. The molecule has 3 rings (SSSR count). The number of morpholine rings is 1. The molecule has 1 N–H and O–H groups in total. The van der Waals surface area contributed by atoms with Gasteiger partial charge in [-0.2, -0.15) is 0 Å². The summed E-state index contributed by atoms with van der Waals surface area (Å²) in [6.45, 7) is 10.1. The Labute approximate surface area is 159 Å². The maximum absolute atomic E-state index is 12.3. The van der Waals surface area contributed by atoms with Crippen LogP contribution in [0.2, 0.25) is 0 Å². The van der Waals surface area contributed by atoms with E-state index in [1.54, 1.807) is 0 Å². The summed E-state index contributed by atoms with van der Waals surface area (Å²) in [6.07, 6.45) is 1.09. The van der Waals surface area contributed by atoms with Crippen molar-refractivity contribution in [1.29, 1.82) is 0 Å². The summed E-state index contributed by atoms with van der Waals surface area (Å²) < 4.78 is 34.4. The number of fused-ring (bicyclic) bond motifs is 3. The fourth-order valence-corrected chi connectivity index (χ4v) is 3.50. The van der Waals surface area contributed by atoms with Crippen LogP contribution in [0.15, 0.2) is 0 Å². The molecule has 27 heavy (non-hydrogen) atoms. The first-order valence-electron chi connectivity index (χ1n) is 8.88. The maximum Gasteiger partial charge on any atom is 0.374 e. The number of carboxylic acids is 1. The number of hydrogen-bond acceptors (Lipinski definition) is 8. The van der Waals surface area contributed by atoms with E-state index in [2.05, 4.69) is 9.97 Å². The van der Waals surface area contributed by atoms with Crippen LogP contribution >= 0.6 is 0 Å². The van der Waals surface area contributed by atoms with Crippen LogP contribution in [-0.4, -0.2) is 67.6 Å². The molecule has 2 atom stereocenters. The third-order valence-corrected chi connectivity index (χ3v) is 6.79. The summed E-state index contributed by atoms with van der Waals surface area (Å²) in [5.41, 5.74) is 0.0644. The Hall–Kier alpha value is -1.94. The van der Waals surface area contributed by atoms with Gasteiger partial charge in [-0.1, -0.05) is 13.8 Å². The summed E-state index contributed by atoms with van der Waals surface area (Å²) in [4.78, 5) is 21.6. The van der Waals surface area contributed by atoms with Crippen LogP contribution in [0.3, 0.4) is 0 Å². The number of carboxylic acid groups (broad SMARTS) is 1. The third kappa shape index (κ3) is 3.73. The summed E-state index contributed by atoms with van der Waals surface area (Å²) in [6, 6.07) is -0.158. The zero-order valence-corrected chi connectivity index (χ0v) is 17.3. The van der Waals surface area contributed by atoms with Gasteiger partial charge < -0.3 is 19.5 Å². The number of rotatable bonds is 3. The number of nitrogens with zero attached hydrogens (tertiary/aromatic N) is 3. The van der Waals surface area contributed by atoms with Crippen molar-refractivity contribution in [3.05, 3.63) is 11.5 Å². The molecule has 2 unspecified atom stereocenters. The van der Waals surface area contributed by atoms with E-state index in [0.717, 1.165) is 6.26 Å². The van der Waals surface area contributed by atoms with Gasteiger partial charge in [-0.3, -0.25) is 0 Å². The molecule has 152 valence electrons. The second-order valence-corrected chi connectivity index (χ2v) is 9.46. The molecule has 0 spiro atoms. The van der Waals surface area contributed by atoms with Gasteiger partial charge in [0, 0.05) is 6.26 Å². The molecular weight excluding hydrogens is 374 g/mol. The average Bonchev–Trinajstić information content (AvgIpc) is 2.61. The van der Waals surface area contributed by atoms with Gasteiger partial charge in [0.25, 0.3) is 0 Å². The normalized spacial score (nSPS) is 21.9. The summed E-state index contributed by atoms with van der Waals surface area (Å²) in [5.74, 6) is -1.23. The Balaban J connectivity index is 0.00000126. The third-order valence-electron chi connectivity index (χ3n) is 4.74. The van der Waals surface area contributed by atoms with Gasteiger partial charge >= 0.3 is 5.97 Å². The topological polar surface area (TPSA) is 119 Å². The molecule has 2 aliphatic heterocycles. The number of carbonyl (C=O) groups is 1. The second-order valence-electron chi connectivity index (χ2n) is 6.89. The minimum Gasteiger partial charge on any atom is -0.486 e. The number of aromatic carboxylic acids is 1. The lowest BCUT2D eigenvalue weighted by Crippen LogP contribution is -2.56. The van der Waals surface area contributed by atoms with Crippen molar-refractivity contribution in [3.63, 3.8) is 0 Å². The van der Waals surface area contributed by atoms with E-state index in [0.29, 0.717) is 25.6 Å². The number of sulfone groups is 1. The molecule has 2 aliphatic rings. The Bertz CT molecular complexity index is 824. The highest BCUT2D eigenvalue weighted by Crippen LogP contribution is 2.43. The van der Waals surface area contributed by atoms with E-state index in [9.17, 15) is 18.3 Å². The number of aromatic nitrogens is 2. The molecule has 0 aliphatic carbocycles. The monoisotopic (exact) mass is 401 g/mol. The fourth-order valence-electron chi connectivity index (χ4n) is 3.01. The van der Waals surface area contributed by atoms with E-state index in [4.69, 9.17) is 9.47 Å². The number of ether oxygens (including phenoxy) is 2. The van der Waals surface area contributed by atoms with E-state index in [1.807, 2.05) is 25.7 Å². The van der Waals surface area contributed by atoms with Crippen LogP contribution in [0.5, 0.6) is 5.75 Å². The van der Waals surface area contributed by atoms with Crippen LogP contribution in [0.25, 0.3) is 0 Å². The largest absolute Gasteiger partial charge is 0.486 e. The molecule has 1 aromatic rings. The van der Waals surface area contributed by atoms with Gasteiger partial charge in [0.2, 0.25) is 5.82 Å². The van der Waals surface area contributed by atoms with Crippen LogP contribution in [0.4, 0.5) is 5.82 Å². The predicted octanol–water partition coefficient (Wildman–Crippen LogP) is 1.47. The Morgan fingerprint density at radius 3 is 2.41 bits per heavy atom. The molecule has 1 aromatic heterocycles. The predicted molar refractivity (Wildman–Crippen MR) is 100 cm³/mol. The van der Waals surface area contributed by atoms with Crippen molar-refractivity contribution in [2.45, 2.75) is 51.4 Å². The van der Waals surface area contributed by atoms with Gasteiger partial charge in [-0.05, 0) is 20.8 Å². The molecular formula is C17H27N3O6S. The van der Waals surface area contributed by atoms with Crippen molar-refractivity contribution in [1.82, 2.24) is 9.97 Å². The van der Waals surface area contributed by atoms with Crippen molar-refractivity contribution in [3.8, 4) is 5.75 Å². The van der Waals surface area contributed by atoms with E-state index in [1.165, 1.54) is 13.8 Å². The lowest BCUT2D eigenvalue weighted by atomic mass is 10.0. The summed E-state index contributed by atoms with van der Waals surface area (Å²) in [5, 5.41) is 9.38. The zero-order valence-electron chi connectivity index (χ0n) is 16.5. The van der Waals surface area contributed by atoms with Crippen LogP contribution in [0, 0.1) is 0 Å². The quantitative estimate of drug-likeness (QED) is 0.803. The molecule has 3 heterocycles. The van der Waals surface area contributed by atoms with Gasteiger partial charge in [-0.25, -0.2) is 23.2 Å². The first-order valence-corrected chi connectivity index (χ1v) is 10.8. The Morgan fingerprint density at radius 1 is 1.22 bits per heavy atom. The van der Waals surface area contributed by atoms with Crippen LogP contribution < -0.4 is 9.64 Å². The Kier molecular flexibility index (Phi) is 6.00. The van der Waals surface area contributed by atoms with Crippen LogP contribution in [0.1, 0.15) is 50.9 Å². The summed E-state index contributed by atoms with van der Waals surface area (Å²) >= 11 is 0. The average molecular weight is 401 g/mol. The standard InChI is InChI=1S/C15H21N3O6S.C2H6/c1-8-5-23-6-9-7-24-10-11(15(2,3)25(4,21)22)16-12(14(19)20)17-13(10)18(8)9;1-2/h8-9H,5-7H2,1-4H3,(H,19,20);1-2H3. The van der Waals surface area contributed by atoms with E-state index >= 15 is 0 Å². The SMILES string of the molecule is CC.CC1COCC2COc3c(nc(C(=O)O)nc3C(C)(C)S(C)(=O)=O)N12. The molecule has 1 saturated heterocycles. The molecule has 10 heteroatoms. The first kappa shape index (κ1) is 21.4. The number of anilines is 1. The van der Waals surface area contributed by atoms with Crippen molar-refractivity contribution in [2.24, 2.45) is 0 Å². The van der Waals surface area contributed by atoms with Gasteiger partial charge in [0.15, 0.2) is 21.4 Å². The maximum atomic E-state index is 12.3. The minimum atomic E-state index is -3.58. The molecule has 0 aromatic carbocycles. The van der Waals surface area contributed by atoms with E-state index in [-0.39, 0.29) is 23.5 Å².